The Hall–Kier alpha value is -3.95. The van der Waals surface area contributed by atoms with Gasteiger partial charge in [0.15, 0.2) is 16.3 Å². The Kier molecular flexibility index (Phi) is 7.07. The summed E-state index contributed by atoms with van der Waals surface area (Å²) in [6.45, 7) is 1.91. The van der Waals surface area contributed by atoms with Gasteiger partial charge in [0.2, 0.25) is 0 Å². The van der Waals surface area contributed by atoms with E-state index in [4.69, 9.17) is 14.2 Å². The first-order chi connectivity index (χ1) is 18.0. The topological polar surface area (TPSA) is 79.1 Å². The van der Waals surface area contributed by atoms with Gasteiger partial charge in [0.1, 0.15) is 12.6 Å². The normalized spacial score (nSPS) is 15.2. The van der Waals surface area contributed by atoms with Gasteiger partial charge in [-0.3, -0.25) is 9.36 Å². The summed E-state index contributed by atoms with van der Waals surface area (Å²) in [4.78, 5) is 33.2. The number of carbonyl (C=O) groups is 1. The van der Waals surface area contributed by atoms with Crippen LogP contribution in [0.3, 0.4) is 0 Å². The van der Waals surface area contributed by atoms with Crippen LogP contribution in [0.25, 0.3) is 6.08 Å². The number of para-hydroxylation sites is 1. The van der Waals surface area contributed by atoms with Crippen LogP contribution in [0.15, 0.2) is 87.1 Å². The van der Waals surface area contributed by atoms with Gasteiger partial charge in [0, 0.05) is 10.4 Å². The molecule has 0 radical (unpaired) electrons. The van der Waals surface area contributed by atoms with Crippen molar-refractivity contribution in [3.05, 3.63) is 113 Å². The number of hydrogen-bond acceptors (Lipinski definition) is 8. The van der Waals surface area contributed by atoms with Crippen molar-refractivity contribution in [3.63, 3.8) is 0 Å². The molecule has 3 heterocycles. The van der Waals surface area contributed by atoms with Crippen LogP contribution in [0, 0.1) is 0 Å². The van der Waals surface area contributed by atoms with Crippen LogP contribution in [-0.4, -0.2) is 24.8 Å². The summed E-state index contributed by atoms with van der Waals surface area (Å²) >= 11 is 2.75. The summed E-state index contributed by atoms with van der Waals surface area (Å²) in [5.74, 6) is 0.610. The van der Waals surface area contributed by atoms with Gasteiger partial charge >= 0.3 is 5.97 Å². The van der Waals surface area contributed by atoms with Crippen molar-refractivity contribution >= 4 is 34.7 Å². The van der Waals surface area contributed by atoms with Crippen molar-refractivity contribution in [3.8, 4) is 11.5 Å². The van der Waals surface area contributed by atoms with Crippen molar-refractivity contribution in [2.45, 2.75) is 19.6 Å². The third kappa shape index (κ3) is 4.75. The second-order valence-corrected chi connectivity index (χ2v) is 10.2. The number of fused-ring (bicyclic) bond motifs is 1. The first-order valence-electron chi connectivity index (χ1n) is 11.5. The Morgan fingerprint density at radius 3 is 2.57 bits per heavy atom. The highest BCUT2D eigenvalue weighted by Crippen LogP contribution is 2.34. The Morgan fingerprint density at radius 2 is 1.86 bits per heavy atom. The third-order valence-electron chi connectivity index (χ3n) is 5.99. The molecule has 0 bridgehead atoms. The lowest BCUT2D eigenvalue weighted by atomic mass is 10.0. The van der Waals surface area contributed by atoms with Gasteiger partial charge in [-0.05, 0) is 36.1 Å². The number of nitrogens with zero attached hydrogens (tertiary/aromatic N) is 2. The van der Waals surface area contributed by atoms with E-state index in [1.54, 1.807) is 37.9 Å². The highest BCUT2D eigenvalue weighted by atomic mass is 32.1. The fourth-order valence-electron chi connectivity index (χ4n) is 4.27. The van der Waals surface area contributed by atoms with E-state index in [0.717, 1.165) is 10.4 Å². The van der Waals surface area contributed by atoms with E-state index in [-0.39, 0.29) is 12.2 Å². The SMILES string of the molecule is COc1cccc(/C=c2/sc3n(c2=O)C(c2cccs2)C(C(=O)OCc2ccccc2)=C(C)N=3)c1OC. The monoisotopic (exact) mass is 532 g/mol. The highest BCUT2D eigenvalue weighted by molar-refractivity contribution is 7.10. The van der Waals surface area contributed by atoms with Gasteiger partial charge in [-0.15, -0.1) is 11.3 Å². The van der Waals surface area contributed by atoms with Crippen molar-refractivity contribution in [2.24, 2.45) is 4.99 Å². The number of thiazole rings is 1. The molecule has 4 aromatic rings. The first kappa shape index (κ1) is 24.7. The predicted molar refractivity (Wildman–Crippen MR) is 144 cm³/mol. The largest absolute Gasteiger partial charge is 0.493 e. The second kappa shape index (κ2) is 10.6. The second-order valence-electron chi connectivity index (χ2n) is 8.24. The average molecular weight is 533 g/mol. The molecule has 37 heavy (non-hydrogen) atoms. The number of ether oxygens (including phenoxy) is 3. The predicted octanol–water partition coefficient (Wildman–Crippen LogP) is 4.06. The highest BCUT2D eigenvalue weighted by Gasteiger charge is 2.34. The van der Waals surface area contributed by atoms with Gasteiger partial charge in [-0.2, -0.15) is 0 Å². The Labute approximate surface area is 221 Å². The van der Waals surface area contributed by atoms with Gasteiger partial charge in [0.05, 0.1) is 30.0 Å². The molecular formula is C28H24N2O5S2. The maximum absolute atomic E-state index is 13.8. The lowest BCUT2D eigenvalue weighted by Crippen LogP contribution is -2.39. The molecule has 5 rings (SSSR count). The van der Waals surface area contributed by atoms with Crippen LogP contribution in [-0.2, 0) is 16.1 Å². The lowest BCUT2D eigenvalue weighted by molar-refractivity contribution is -0.140. The summed E-state index contributed by atoms with van der Waals surface area (Å²) in [5, 5.41) is 1.93. The van der Waals surface area contributed by atoms with E-state index in [1.165, 1.54) is 22.7 Å². The minimum atomic E-state index is -0.631. The van der Waals surface area contributed by atoms with Crippen molar-refractivity contribution in [1.82, 2.24) is 4.57 Å². The average Bonchev–Trinajstić information content (AvgIpc) is 3.55. The van der Waals surface area contributed by atoms with Crippen LogP contribution in [0.5, 0.6) is 11.5 Å². The maximum atomic E-state index is 13.8. The summed E-state index contributed by atoms with van der Waals surface area (Å²) < 4.78 is 18.7. The van der Waals surface area contributed by atoms with Gasteiger partial charge in [0.25, 0.3) is 5.56 Å². The van der Waals surface area contributed by atoms with E-state index >= 15 is 0 Å². The number of rotatable bonds is 7. The molecule has 0 spiro atoms. The molecule has 1 aliphatic rings. The van der Waals surface area contributed by atoms with Crippen LogP contribution >= 0.6 is 22.7 Å². The van der Waals surface area contributed by atoms with Crippen molar-refractivity contribution in [2.75, 3.05) is 14.2 Å². The zero-order chi connectivity index (χ0) is 25.9. The molecule has 1 aliphatic heterocycles. The molecular weight excluding hydrogens is 508 g/mol. The standard InChI is InChI=1S/C28H24N2O5S2/c1-17-23(27(32)35-16-18-9-5-4-6-10-18)24(21-13-8-14-36-21)30-26(31)22(37-28(30)29-17)15-19-11-7-12-20(33-2)25(19)34-3/h4-15,24H,16H2,1-3H3/b22-15+. The smallest absolute Gasteiger partial charge is 0.338 e. The van der Waals surface area contributed by atoms with Gasteiger partial charge in [-0.25, -0.2) is 9.79 Å². The molecule has 0 saturated heterocycles. The fraction of sp³-hybridized carbons (Fsp3) is 0.179. The Balaban J connectivity index is 1.60. The first-order valence-corrected chi connectivity index (χ1v) is 13.2. The molecule has 2 aromatic carbocycles. The van der Waals surface area contributed by atoms with E-state index < -0.39 is 12.0 Å². The number of thiophene rings is 1. The van der Waals surface area contributed by atoms with E-state index in [2.05, 4.69) is 4.99 Å². The zero-order valence-electron chi connectivity index (χ0n) is 20.5. The molecule has 9 heteroatoms. The number of aromatic nitrogens is 1. The van der Waals surface area contributed by atoms with Crippen LogP contribution in [0.2, 0.25) is 0 Å². The molecule has 0 fully saturated rings. The molecule has 1 unspecified atom stereocenters. The molecule has 188 valence electrons. The minimum absolute atomic E-state index is 0.133. The zero-order valence-corrected chi connectivity index (χ0v) is 22.1. The third-order valence-corrected chi connectivity index (χ3v) is 7.89. The van der Waals surface area contributed by atoms with Crippen molar-refractivity contribution < 1.29 is 19.0 Å². The van der Waals surface area contributed by atoms with E-state index in [1.807, 2.05) is 60.0 Å². The summed E-state index contributed by atoms with van der Waals surface area (Å²) in [6, 6.07) is 18.2. The van der Waals surface area contributed by atoms with E-state index in [9.17, 15) is 9.59 Å². The van der Waals surface area contributed by atoms with Crippen molar-refractivity contribution in [1.29, 1.82) is 0 Å². The minimum Gasteiger partial charge on any atom is -0.493 e. The lowest BCUT2D eigenvalue weighted by Gasteiger charge is -2.23. The summed E-state index contributed by atoms with van der Waals surface area (Å²) in [7, 11) is 3.13. The number of esters is 1. The molecule has 0 N–H and O–H groups in total. The molecule has 0 aliphatic carbocycles. The van der Waals surface area contributed by atoms with Crippen LogP contribution in [0.4, 0.5) is 0 Å². The Bertz CT molecular complexity index is 1650. The van der Waals surface area contributed by atoms with Crippen LogP contribution < -0.4 is 24.4 Å². The van der Waals surface area contributed by atoms with Gasteiger partial charge in [-0.1, -0.05) is 59.9 Å². The fourth-order valence-corrected chi connectivity index (χ4v) is 6.13. The quantitative estimate of drug-likeness (QED) is 0.336. The number of benzene rings is 2. The molecule has 0 saturated carbocycles. The maximum Gasteiger partial charge on any atom is 0.338 e. The summed E-state index contributed by atoms with van der Waals surface area (Å²) in [5.41, 5.74) is 2.23. The summed E-state index contributed by atoms with van der Waals surface area (Å²) in [6.07, 6.45) is 1.77. The van der Waals surface area contributed by atoms with Crippen LogP contribution in [0.1, 0.15) is 29.0 Å². The van der Waals surface area contributed by atoms with Gasteiger partial charge < -0.3 is 14.2 Å². The molecule has 0 amide bonds. The molecule has 1 atom stereocenters. The Morgan fingerprint density at radius 1 is 1.05 bits per heavy atom. The number of allylic oxidation sites excluding steroid dienone is 1. The number of hydrogen-bond donors (Lipinski definition) is 0. The molecule has 2 aromatic heterocycles. The number of methoxy groups -OCH3 is 2. The molecule has 7 nitrogen and oxygen atoms in total. The van der Waals surface area contributed by atoms with E-state index in [0.29, 0.717) is 37.7 Å². The number of carbonyl (C=O) groups excluding carboxylic acids is 1.